The number of benzene rings is 1. The summed E-state index contributed by atoms with van der Waals surface area (Å²) in [5.41, 5.74) is -0.0112. The van der Waals surface area contributed by atoms with Crippen molar-refractivity contribution >= 4 is 5.69 Å². The minimum absolute atomic E-state index is 0.278. The van der Waals surface area contributed by atoms with Gasteiger partial charge in [0.05, 0.1) is 24.0 Å². The van der Waals surface area contributed by atoms with Crippen LogP contribution in [-0.2, 0) is 6.54 Å². The van der Waals surface area contributed by atoms with E-state index < -0.39 is 11.4 Å². The van der Waals surface area contributed by atoms with E-state index >= 15 is 0 Å². The molecular formula is C14H14FN5O. The van der Waals surface area contributed by atoms with Crippen LogP contribution < -0.4 is 4.90 Å². The number of hydrogen-bond donors (Lipinski definition) is 1. The molecule has 6 nitrogen and oxygen atoms in total. The monoisotopic (exact) mass is 287 g/mol. The van der Waals surface area contributed by atoms with Gasteiger partial charge in [-0.2, -0.15) is 5.26 Å². The standard InChI is InChI=1S/C14H14FN5O/c15-12-1-2-13(11(7-12)8-16)19-5-3-14(21,9-19)10-20-6-4-17-18-20/h1-2,4,6-7,21H,3,5,9-10H2. The van der Waals surface area contributed by atoms with Gasteiger partial charge in [0.25, 0.3) is 0 Å². The summed E-state index contributed by atoms with van der Waals surface area (Å²) in [5, 5.41) is 27.3. The second kappa shape index (κ2) is 5.14. The smallest absolute Gasteiger partial charge is 0.124 e. The number of aromatic nitrogens is 3. The van der Waals surface area contributed by atoms with Gasteiger partial charge in [-0.25, -0.2) is 9.07 Å². The summed E-state index contributed by atoms with van der Waals surface area (Å²) in [6.45, 7) is 1.31. The lowest BCUT2D eigenvalue weighted by Gasteiger charge is -2.24. The predicted molar refractivity (Wildman–Crippen MR) is 72.9 cm³/mol. The Morgan fingerprint density at radius 2 is 2.33 bits per heavy atom. The molecule has 2 heterocycles. The van der Waals surface area contributed by atoms with Gasteiger partial charge in [0.1, 0.15) is 17.5 Å². The van der Waals surface area contributed by atoms with Crippen molar-refractivity contribution in [2.45, 2.75) is 18.6 Å². The first kappa shape index (κ1) is 13.5. The molecule has 2 aromatic rings. The number of halogens is 1. The molecule has 0 saturated carbocycles. The Hall–Kier alpha value is -2.46. The zero-order chi connectivity index (χ0) is 14.9. The lowest BCUT2D eigenvalue weighted by atomic mass is 10.0. The topological polar surface area (TPSA) is 78.0 Å². The van der Waals surface area contributed by atoms with Gasteiger partial charge in [0.2, 0.25) is 0 Å². The Morgan fingerprint density at radius 3 is 3.05 bits per heavy atom. The first-order valence-electron chi connectivity index (χ1n) is 6.61. The maximum absolute atomic E-state index is 13.2. The molecule has 1 N–H and O–H groups in total. The molecule has 0 aliphatic carbocycles. The van der Waals surface area contributed by atoms with Gasteiger partial charge in [-0.05, 0) is 24.6 Å². The highest BCUT2D eigenvalue weighted by Gasteiger charge is 2.37. The van der Waals surface area contributed by atoms with Crippen molar-refractivity contribution in [2.24, 2.45) is 0 Å². The molecule has 1 aromatic heterocycles. The molecule has 21 heavy (non-hydrogen) atoms. The maximum Gasteiger partial charge on any atom is 0.124 e. The Kier molecular flexibility index (Phi) is 3.31. The van der Waals surface area contributed by atoms with E-state index in [2.05, 4.69) is 10.3 Å². The SMILES string of the molecule is N#Cc1cc(F)ccc1N1CCC(O)(Cn2ccnn2)C1. The maximum atomic E-state index is 13.2. The molecule has 1 saturated heterocycles. The predicted octanol–water partition coefficient (Wildman–Crippen LogP) is 0.930. The van der Waals surface area contributed by atoms with E-state index in [1.807, 2.05) is 11.0 Å². The Bertz CT molecular complexity index is 681. The minimum atomic E-state index is -0.936. The molecule has 3 rings (SSSR count). The van der Waals surface area contributed by atoms with Gasteiger partial charge in [-0.1, -0.05) is 5.21 Å². The number of hydrogen-bond acceptors (Lipinski definition) is 5. The lowest BCUT2D eigenvalue weighted by Crippen LogP contribution is -2.38. The highest BCUT2D eigenvalue weighted by Crippen LogP contribution is 2.30. The van der Waals surface area contributed by atoms with Crippen molar-refractivity contribution in [3.8, 4) is 6.07 Å². The van der Waals surface area contributed by atoms with Gasteiger partial charge in [0, 0.05) is 19.3 Å². The van der Waals surface area contributed by atoms with Gasteiger partial charge >= 0.3 is 0 Å². The average molecular weight is 287 g/mol. The van der Waals surface area contributed by atoms with Crippen molar-refractivity contribution in [1.82, 2.24) is 15.0 Å². The highest BCUT2D eigenvalue weighted by molar-refractivity contribution is 5.60. The fourth-order valence-electron chi connectivity index (χ4n) is 2.68. The Morgan fingerprint density at radius 1 is 1.48 bits per heavy atom. The molecule has 0 spiro atoms. The zero-order valence-electron chi connectivity index (χ0n) is 11.3. The van der Waals surface area contributed by atoms with Crippen LogP contribution in [0.5, 0.6) is 0 Å². The van der Waals surface area contributed by atoms with Gasteiger partial charge in [0.15, 0.2) is 0 Å². The summed E-state index contributed by atoms with van der Waals surface area (Å²) in [6.07, 6.45) is 3.80. The quantitative estimate of drug-likeness (QED) is 0.908. The van der Waals surface area contributed by atoms with E-state index in [0.29, 0.717) is 31.7 Å². The number of rotatable bonds is 3. The number of anilines is 1. The van der Waals surface area contributed by atoms with E-state index in [0.717, 1.165) is 0 Å². The van der Waals surface area contributed by atoms with Crippen LogP contribution in [0.25, 0.3) is 0 Å². The first-order chi connectivity index (χ1) is 10.1. The van der Waals surface area contributed by atoms with Crippen LogP contribution in [0.1, 0.15) is 12.0 Å². The van der Waals surface area contributed by atoms with Crippen molar-refractivity contribution in [3.05, 3.63) is 42.0 Å². The van der Waals surface area contributed by atoms with Crippen LogP contribution in [0.2, 0.25) is 0 Å². The molecule has 1 aliphatic rings. The third kappa shape index (κ3) is 2.71. The van der Waals surface area contributed by atoms with Crippen molar-refractivity contribution in [3.63, 3.8) is 0 Å². The molecular weight excluding hydrogens is 273 g/mol. The Balaban J connectivity index is 1.79. The molecule has 1 aliphatic heterocycles. The van der Waals surface area contributed by atoms with E-state index in [1.165, 1.54) is 12.1 Å². The van der Waals surface area contributed by atoms with E-state index in [4.69, 9.17) is 5.26 Å². The third-order valence-corrected chi connectivity index (χ3v) is 3.68. The molecule has 7 heteroatoms. The van der Waals surface area contributed by atoms with Gasteiger partial charge in [-0.15, -0.1) is 5.10 Å². The number of nitrogens with zero attached hydrogens (tertiary/aromatic N) is 5. The normalized spacial score (nSPS) is 21.5. The van der Waals surface area contributed by atoms with Crippen LogP contribution in [-0.4, -0.2) is 38.8 Å². The highest BCUT2D eigenvalue weighted by atomic mass is 19.1. The first-order valence-corrected chi connectivity index (χ1v) is 6.61. The molecule has 0 radical (unpaired) electrons. The average Bonchev–Trinajstić information content (AvgIpc) is 3.09. The molecule has 1 atom stereocenters. The van der Waals surface area contributed by atoms with E-state index in [-0.39, 0.29) is 5.56 Å². The largest absolute Gasteiger partial charge is 0.386 e. The van der Waals surface area contributed by atoms with Crippen molar-refractivity contribution < 1.29 is 9.50 Å². The molecule has 0 bridgehead atoms. The second-order valence-corrected chi connectivity index (χ2v) is 5.27. The van der Waals surface area contributed by atoms with Crippen LogP contribution in [0.3, 0.4) is 0 Å². The fourth-order valence-corrected chi connectivity index (χ4v) is 2.68. The van der Waals surface area contributed by atoms with E-state index in [9.17, 15) is 9.50 Å². The minimum Gasteiger partial charge on any atom is -0.386 e. The molecule has 108 valence electrons. The summed E-state index contributed by atoms with van der Waals surface area (Å²) in [6, 6.07) is 6.11. The second-order valence-electron chi connectivity index (χ2n) is 5.27. The zero-order valence-corrected chi connectivity index (χ0v) is 11.3. The number of β-amino-alcohol motifs (C(OH)–C–C–N with tert-alkyl or cyclic N) is 1. The Labute approximate surface area is 121 Å². The third-order valence-electron chi connectivity index (χ3n) is 3.68. The summed E-state index contributed by atoms with van der Waals surface area (Å²) in [7, 11) is 0. The fraction of sp³-hybridized carbons (Fsp3) is 0.357. The molecule has 1 fully saturated rings. The number of aliphatic hydroxyl groups is 1. The van der Waals surface area contributed by atoms with Crippen molar-refractivity contribution in [1.29, 1.82) is 5.26 Å². The lowest BCUT2D eigenvalue weighted by molar-refractivity contribution is 0.0409. The van der Waals surface area contributed by atoms with Crippen LogP contribution in [0.4, 0.5) is 10.1 Å². The summed E-state index contributed by atoms with van der Waals surface area (Å²) in [4.78, 5) is 1.90. The van der Waals surface area contributed by atoms with Crippen LogP contribution >= 0.6 is 0 Å². The van der Waals surface area contributed by atoms with Crippen LogP contribution in [0, 0.1) is 17.1 Å². The van der Waals surface area contributed by atoms with Crippen LogP contribution in [0.15, 0.2) is 30.6 Å². The molecule has 1 aromatic carbocycles. The summed E-state index contributed by atoms with van der Waals surface area (Å²) in [5.74, 6) is -0.438. The van der Waals surface area contributed by atoms with E-state index in [1.54, 1.807) is 23.1 Å². The van der Waals surface area contributed by atoms with Gasteiger partial charge < -0.3 is 10.0 Å². The number of nitriles is 1. The molecule has 1 unspecified atom stereocenters. The summed E-state index contributed by atoms with van der Waals surface area (Å²) < 4.78 is 14.8. The van der Waals surface area contributed by atoms with Crippen molar-refractivity contribution in [2.75, 3.05) is 18.0 Å². The molecule has 0 amide bonds. The van der Waals surface area contributed by atoms with Gasteiger partial charge in [-0.3, -0.25) is 0 Å². The summed E-state index contributed by atoms with van der Waals surface area (Å²) >= 11 is 0.